The van der Waals surface area contributed by atoms with Gasteiger partial charge in [-0.1, -0.05) is 29.3 Å². The van der Waals surface area contributed by atoms with E-state index in [1.807, 2.05) is 0 Å². The Kier molecular flexibility index (Phi) is 5.18. The third-order valence-corrected chi connectivity index (χ3v) is 3.34. The smallest absolute Gasteiger partial charge is 0.291 e. The van der Waals surface area contributed by atoms with Crippen LogP contribution < -0.4 is 15.6 Å². The second-order valence-corrected chi connectivity index (χ2v) is 4.90. The molecule has 0 radical (unpaired) electrons. The summed E-state index contributed by atoms with van der Waals surface area (Å²) in [6, 6.07) is 4.81. The number of rotatable bonds is 4. The van der Waals surface area contributed by atoms with Crippen molar-refractivity contribution in [1.29, 1.82) is 0 Å². The van der Waals surface area contributed by atoms with Crippen molar-refractivity contribution in [1.82, 2.24) is 26.3 Å². The lowest BCUT2D eigenvalue weighted by molar-refractivity contribution is -0.128. The lowest BCUT2D eigenvalue weighted by Crippen LogP contribution is -2.47. The summed E-state index contributed by atoms with van der Waals surface area (Å²) in [5, 5.41) is 9.84. The zero-order chi connectivity index (χ0) is 16.1. The molecule has 10 heteroatoms. The molecule has 22 heavy (non-hydrogen) atoms. The quantitative estimate of drug-likeness (QED) is 0.725. The highest BCUT2D eigenvalue weighted by Crippen LogP contribution is 2.31. The van der Waals surface area contributed by atoms with Gasteiger partial charge in [-0.2, -0.15) is 15.4 Å². The summed E-state index contributed by atoms with van der Waals surface area (Å²) in [7, 11) is 0. The number of halogens is 2. The second kappa shape index (κ2) is 7.10. The number of nitrogens with zero attached hydrogens (tertiary/aromatic N) is 2. The molecule has 0 bridgehead atoms. The Morgan fingerprint density at radius 3 is 2.77 bits per heavy atom. The van der Waals surface area contributed by atoms with E-state index < -0.39 is 17.9 Å². The number of hydrazine groups is 1. The fourth-order valence-corrected chi connectivity index (χ4v) is 1.75. The van der Waals surface area contributed by atoms with Gasteiger partial charge in [-0.3, -0.25) is 20.4 Å². The van der Waals surface area contributed by atoms with Crippen molar-refractivity contribution in [3.05, 3.63) is 40.1 Å². The molecule has 2 rings (SSSR count). The maximum absolute atomic E-state index is 11.8. The van der Waals surface area contributed by atoms with Gasteiger partial charge in [0, 0.05) is 0 Å². The third-order valence-electron chi connectivity index (χ3n) is 2.54. The molecule has 3 N–H and O–H groups in total. The first-order chi connectivity index (χ1) is 10.5. The van der Waals surface area contributed by atoms with E-state index in [2.05, 4.69) is 26.3 Å². The van der Waals surface area contributed by atoms with Crippen molar-refractivity contribution in [3.8, 4) is 5.75 Å². The molecular weight excluding hydrogens is 333 g/mol. The Balaban J connectivity index is 1.89. The van der Waals surface area contributed by atoms with Crippen LogP contribution in [-0.2, 0) is 4.79 Å². The topological polar surface area (TPSA) is 109 Å². The largest absolute Gasteiger partial charge is 0.479 e. The van der Waals surface area contributed by atoms with Crippen molar-refractivity contribution in [3.63, 3.8) is 0 Å². The Morgan fingerprint density at radius 2 is 2.09 bits per heavy atom. The minimum Gasteiger partial charge on any atom is -0.479 e. The van der Waals surface area contributed by atoms with Gasteiger partial charge >= 0.3 is 0 Å². The predicted molar refractivity (Wildman–Crippen MR) is 78.5 cm³/mol. The maximum Gasteiger partial charge on any atom is 0.291 e. The number of nitrogens with one attached hydrogen (secondary N) is 3. The van der Waals surface area contributed by atoms with Crippen LogP contribution in [0, 0.1) is 0 Å². The van der Waals surface area contributed by atoms with Crippen LogP contribution in [0.25, 0.3) is 0 Å². The number of aromatic amines is 1. The number of amides is 2. The number of ether oxygens (including phenoxy) is 1. The van der Waals surface area contributed by atoms with Crippen LogP contribution in [-0.4, -0.2) is 33.3 Å². The standard InChI is InChI=1S/C12H11Cl2N5O3/c1-6(22-9-4-2-3-7(13)10(9)14)11(20)17-18-12(21)8-5-15-19-16-8/h2-6H,1H3,(H,17,20)(H,18,21)(H,15,16,19). The number of carbonyl (C=O) groups is 2. The molecular formula is C12H11Cl2N5O3. The normalized spacial score (nSPS) is 11.6. The first-order valence-electron chi connectivity index (χ1n) is 6.05. The summed E-state index contributed by atoms with van der Waals surface area (Å²) in [6.07, 6.45) is 0.307. The summed E-state index contributed by atoms with van der Waals surface area (Å²) in [6.45, 7) is 1.49. The van der Waals surface area contributed by atoms with Crippen LogP contribution in [0.3, 0.4) is 0 Å². The number of aromatic nitrogens is 3. The van der Waals surface area contributed by atoms with Gasteiger partial charge in [0.15, 0.2) is 11.8 Å². The zero-order valence-electron chi connectivity index (χ0n) is 11.3. The van der Waals surface area contributed by atoms with Crippen LogP contribution in [0.4, 0.5) is 0 Å². The molecule has 2 amide bonds. The highest BCUT2D eigenvalue weighted by atomic mass is 35.5. The monoisotopic (exact) mass is 343 g/mol. The second-order valence-electron chi connectivity index (χ2n) is 4.11. The Labute approximate surface area is 135 Å². The molecule has 8 nitrogen and oxygen atoms in total. The average molecular weight is 344 g/mol. The Morgan fingerprint density at radius 1 is 1.32 bits per heavy atom. The molecule has 1 aromatic heterocycles. The molecule has 0 aliphatic carbocycles. The van der Waals surface area contributed by atoms with Crippen molar-refractivity contribution >= 4 is 35.0 Å². The fourth-order valence-electron chi connectivity index (χ4n) is 1.41. The number of hydrogen-bond acceptors (Lipinski definition) is 5. The summed E-state index contributed by atoms with van der Waals surface area (Å²) < 4.78 is 5.40. The first kappa shape index (κ1) is 16.1. The molecule has 1 heterocycles. The van der Waals surface area contributed by atoms with E-state index in [-0.39, 0.29) is 16.5 Å². The van der Waals surface area contributed by atoms with Crippen LogP contribution in [0.2, 0.25) is 10.0 Å². The van der Waals surface area contributed by atoms with Crippen molar-refractivity contribution in [2.45, 2.75) is 13.0 Å². The molecule has 1 atom stereocenters. The lowest BCUT2D eigenvalue weighted by atomic mass is 10.3. The van der Waals surface area contributed by atoms with Gasteiger partial charge in [0.1, 0.15) is 10.8 Å². The van der Waals surface area contributed by atoms with E-state index in [1.165, 1.54) is 13.1 Å². The van der Waals surface area contributed by atoms with Gasteiger partial charge in [-0.25, -0.2) is 0 Å². The van der Waals surface area contributed by atoms with E-state index in [4.69, 9.17) is 27.9 Å². The number of hydrogen-bond donors (Lipinski definition) is 3. The van der Waals surface area contributed by atoms with E-state index in [0.717, 1.165) is 0 Å². The molecule has 2 aromatic rings. The molecule has 0 spiro atoms. The predicted octanol–water partition coefficient (Wildman–Crippen LogP) is 1.34. The number of carbonyl (C=O) groups excluding carboxylic acids is 2. The molecule has 1 unspecified atom stereocenters. The van der Waals surface area contributed by atoms with Crippen LogP contribution in [0.15, 0.2) is 24.4 Å². The minimum atomic E-state index is -0.909. The zero-order valence-corrected chi connectivity index (χ0v) is 12.8. The van der Waals surface area contributed by atoms with Gasteiger partial charge in [0.2, 0.25) is 0 Å². The van der Waals surface area contributed by atoms with Crippen molar-refractivity contribution in [2.75, 3.05) is 0 Å². The number of benzene rings is 1. The van der Waals surface area contributed by atoms with E-state index in [9.17, 15) is 9.59 Å². The van der Waals surface area contributed by atoms with Gasteiger partial charge in [0.25, 0.3) is 11.8 Å². The molecule has 0 fully saturated rings. The fraction of sp³-hybridized carbons (Fsp3) is 0.167. The van der Waals surface area contributed by atoms with Gasteiger partial charge in [-0.05, 0) is 19.1 Å². The molecule has 0 aliphatic rings. The summed E-state index contributed by atoms with van der Waals surface area (Å²) in [5.74, 6) is -0.928. The van der Waals surface area contributed by atoms with Crippen LogP contribution in [0.5, 0.6) is 5.75 Å². The minimum absolute atomic E-state index is 0.0340. The molecule has 116 valence electrons. The summed E-state index contributed by atoms with van der Waals surface area (Å²) in [4.78, 5) is 23.4. The van der Waals surface area contributed by atoms with E-state index >= 15 is 0 Å². The lowest BCUT2D eigenvalue weighted by Gasteiger charge is -2.16. The highest BCUT2D eigenvalue weighted by Gasteiger charge is 2.18. The van der Waals surface area contributed by atoms with Gasteiger partial charge in [-0.15, -0.1) is 0 Å². The summed E-state index contributed by atoms with van der Waals surface area (Å²) >= 11 is 11.8. The van der Waals surface area contributed by atoms with Crippen LogP contribution >= 0.6 is 23.2 Å². The third kappa shape index (κ3) is 3.86. The molecule has 1 aromatic carbocycles. The first-order valence-corrected chi connectivity index (χ1v) is 6.81. The Hall–Kier alpha value is -2.32. The van der Waals surface area contributed by atoms with Crippen molar-refractivity contribution in [2.24, 2.45) is 0 Å². The Bertz CT molecular complexity index is 677. The van der Waals surface area contributed by atoms with E-state index in [1.54, 1.807) is 18.2 Å². The van der Waals surface area contributed by atoms with Gasteiger partial charge in [0.05, 0.1) is 11.2 Å². The van der Waals surface area contributed by atoms with Crippen LogP contribution in [0.1, 0.15) is 17.4 Å². The molecule has 0 saturated heterocycles. The maximum atomic E-state index is 11.8. The summed E-state index contributed by atoms with van der Waals surface area (Å²) in [5.41, 5.74) is 4.42. The van der Waals surface area contributed by atoms with E-state index in [0.29, 0.717) is 5.02 Å². The van der Waals surface area contributed by atoms with Crippen molar-refractivity contribution < 1.29 is 14.3 Å². The van der Waals surface area contributed by atoms with Gasteiger partial charge < -0.3 is 4.74 Å². The average Bonchev–Trinajstić information content (AvgIpc) is 3.03. The highest BCUT2D eigenvalue weighted by molar-refractivity contribution is 6.42. The SMILES string of the molecule is CC(Oc1cccc(Cl)c1Cl)C(=O)NNC(=O)c1cn[nH]n1. The molecule has 0 aliphatic heterocycles. The number of H-pyrrole nitrogens is 1. The molecule has 0 saturated carbocycles.